The van der Waals surface area contributed by atoms with E-state index in [1.807, 2.05) is 44.2 Å². The van der Waals surface area contributed by atoms with E-state index in [1.54, 1.807) is 10.6 Å². The summed E-state index contributed by atoms with van der Waals surface area (Å²) >= 11 is 8.91. The van der Waals surface area contributed by atoms with Crippen LogP contribution >= 0.6 is 28.1 Å². The van der Waals surface area contributed by atoms with Crippen molar-refractivity contribution in [2.45, 2.75) is 13.8 Å². The van der Waals surface area contributed by atoms with Gasteiger partial charge in [-0.15, -0.1) is 0 Å². The summed E-state index contributed by atoms with van der Waals surface area (Å²) in [4.78, 5) is 15.8. The fraction of sp³-hybridized carbons (Fsp3) is 0.125. The Morgan fingerprint density at radius 2 is 1.76 bits per heavy atom. The molecule has 1 heterocycles. The molecule has 0 radical (unpaired) electrons. The lowest BCUT2D eigenvalue weighted by Crippen LogP contribution is -2.20. The highest BCUT2D eigenvalue weighted by Crippen LogP contribution is 2.24. The van der Waals surface area contributed by atoms with E-state index in [4.69, 9.17) is 12.2 Å². The van der Waals surface area contributed by atoms with Crippen molar-refractivity contribution in [1.82, 2.24) is 9.55 Å². The molecule has 0 aliphatic heterocycles. The van der Waals surface area contributed by atoms with E-state index < -0.39 is 0 Å². The lowest BCUT2D eigenvalue weighted by Gasteiger charge is -2.11. The molecule has 1 aromatic heterocycles. The number of aryl methyl sites for hydroxylation is 2. The highest BCUT2D eigenvalue weighted by molar-refractivity contribution is 9.10. The summed E-state index contributed by atoms with van der Waals surface area (Å²) in [6, 6.07) is 11.3. The number of halogens is 1. The average molecular weight is 361 g/mol. The number of hydrogen-bond acceptors (Lipinski definition) is 2. The predicted molar refractivity (Wildman–Crippen MR) is 91.9 cm³/mol. The van der Waals surface area contributed by atoms with E-state index in [1.165, 1.54) is 0 Å². The molecular weight excluding hydrogens is 348 g/mol. The van der Waals surface area contributed by atoms with Gasteiger partial charge < -0.3 is 4.98 Å². The fourth-order valence-electron chi connectivity index (χ4n) is 2.45. The van der Waals surface area contributed by atoms with Gasteiger partial charge >= 0.3 is 0 Å². The van der Waals surface area contributed by atoms with Crippen molar-refractivity contribution in [3.63, 3.8) is 0 Å². The van der Waals surface area contributed by atoms with Gasteiger partial charge in [0, 0.05) is 4.47 Å². The first-order valence-electron chi connectivity index (χ1n) is 6.50. The Hall–Kier alpha value is -1.72. The third-order valence-corrected chi connectivity index (χ3v) is 5.02. The number of aromatic nitrogens is 2. The summed E-state index contributed by atoms with van der Waals surface area (Å²) in [6.45, 7) is 4.00. The Kier molecular flexibility index (Phi) is 3.55. The molecule has 0 amide bonds. The van der Waals surface area contributed by atoms with Crippen LogP contribution in [-0.2, 0) is 0 Å². The molecule has 3 rings (SSSR count). The van der Waals surface area contributed by atoms with Crippen molar-refractivity contribution < 1.29 is 0 Å². The molecule has 1 N–H and O–H groups in total. The molecule has 0 saturated carbocycles. The van der Waals surface area contributed by atoms with E-state index in [0.29, 0.717) is 10.2 Å². The molecule has 0 fully saturated rings. The second-order valence-electron chi connectivity index (χ2n) is 5.01. The maximum atomic E-state index is 12.7. The van der Waals surface area contributed by atoms with Gasteiger partial charge in [-0.2, -0.15) is 0 Å². The SMILES string of the molecule is Cc1cc(-n2c(=S)[nH]c3ccccc3c2=O)cc(C)c1Br. The maximum absolute atomic E-state index is 12.7. The Balaban J connectivity index is 2.41. The summed E-state index contributed by atoms with van der Waals surface area (Å²) in [7, 11) is 0. The third kappa shape index (κ3) is 2.36. The minimum absolute atomic E-state index is 0.101. The van der Waals surface area contributed by atoms with Crippen LogP contribution < -0.4 is 5.56 Å². The Morgan fingerprint density at radius 3 is 2.43 bits per heavy atom. The summed E-state index contributed by atoms with van der Waals surface area (Å²) in [5.41, 5.74) is 3.58. The lowest BCUT2D eigenvalue weighted by atomic mass is 10.1. The van der Waals surface area contributed by atoms with Crippen LogP contribution in [0.25, 0.3) is 16.6 Å². The first-order chi connectivity index (χ1) is 9.99. The van der Waals surface area contributed by atoms with Crippen molar-refractivity contribution in [3.05, 3.63) is 67.1 Å². The van der Waals surface area contributed by atoms with Gasteiger partial charge in [0.15, 0.2) is 4.77 Å². The van der Waals surface area contributed by atoms with Gasteiger partial charge in [0.25, 0.3) is 5.56 Å². The number of H-pyrrole nitrogens is 1. The molecule has 0 aliphatic carbocycles. The Labute approximate surface area is 135 Å². The Morgan fingerprint density at radius 1 is 1.14 bits per heavy atom. The lowest BCUT2D eigenvalue weighted by molar-refractivity contribution is 0.935. The number of para-hydroxylation sites is 1. The molecule has 2 aromatic carbocycles. The van der Waals surface area contributed by atoms with Crippen molar-refractivity contribution in [3.8, 4) is 5.69 Å². The molecule has 106 valence electrons. The molecule has 3 nitrogen and oxygen atoms in total. The van der Waals surface area contributed by atoms with Crippen LogP contribution in [0.3, 0.4) is 0 Å². The van der Waals surface area contributed by atoms with E-state index in [2.05, 4.69) is 20.9 Å². The first kappa shape index (κ1) is 14.2. The molecule has 5 heteroatoms. The maximum Gasteiger partial charge on any atom is 0.266 e. The van der Waals surface area contributed by atoms with Gasteiger partial charge in [-0.05, 0) is 61.5 Å². The minimum atomic E-state index is -0.101. The van der Waals surface area contributed by atoms with Crippen LogP contribution in [-0.4, -0.2) is 9.55 Å². The summed E-state index contributed by atoms with van der Waals surface area (Å²) in [5, 5.41) is 0.629. The van der Waals surface area contributed by atoms with Crippen molar-refractivity contribution in [2.24, 2.45) is 0 Å². The van der Waals surface area contributed by atoms with Gasteiger partial charge in [0.2, 0.25) is 0 Å². The zero-order valence-corrected chi connectivity index (χ0v) is 14.0. The number of nitrogens with one attached hydrogen (secondary N) is 1. The number of rotatable bonds is 1. The van der Waals surface area contributed by atoms with Crippen LogP contribution in [0.1, 0.15) is 11.1 Å². The van der Waals surface area contributed by atoms with E-state index in [9.17, 15) is 4.79 Å². The second kappa shape index (κ2) is 5.24. The summed E-state index contributed by atoms with van der Waals surface area (Å²) < 4.78 is 3.00. The highest BCUT2D eigenvalue weighted by atomic mass is 79.9. The number of benzene rings is 2. The Bertz CT molecular complexity index is 949. The van der Waals surface area contributed by atoms with Crippen LogP contribution in [0.4, 0.5) is 0 Å². The smallest absolute Gasteiger partial charge is 0.266 e. The molecule has 0 bridgehead atoms. The van der Waals surface area contributed by atoms with Crippen molar-refractivity contribution in [1.29, 1.82) is 0 Å². The van der Waals surface area contributed by atoms with Crippen LogP contribution in [0.15, 0.2) is 45.7 Å². The van der Waals surface area contributed by atoms with E-state index in [-0.39, 0.29) is 5.56 Å². The minimum Gasteiger partial charge on any atom is -0.331 e. The molecule has 0 atom stereocenters. The monoisotopic (exact) mass is 360 g/mol. The number of aromatic amines is 1. The van der Waals surface area contributed by atoms with Crippen molar-refractivity contribution in [2.75, 3.05) is 0 Å². The van der Waals surface area contributed by atoms with Crippen LogP contribution in [0, 0.1) is 18.6 Å². The van der Waals surface area contributed by atoms with E-state index >= 15 is 0 Å². The fourth-order valence-corrected chi connectivity index (χ4v) is 2.98. The third-order valence-electron chi connectivity index (χ3n) is 3.48. The molecule has 0 unspecified atom stereocenters. The first-order valence-corrected chi connectivity index (χ1v) is 7.70. The van der Waals surface area contributed by atoms with Gasteiger partial charge in [-0.3, -0.25) is 9.36 Å². The largest absolute Gasteiger partial charge is 0.331 e. The zero-order valence-electron chi connectivity index (χ0n) is 11.6. The summed E-state index contributed by atoms with van der Waals surface area (Å²) in [5.74, 6) is 0. The van der Waals surface area contributed by atoms with Gasteiger partial charge in [-0.1, -0.05) is 28.1 Å². The van der Waals surface area contributed by atoms with Crippen LogP contribution in [0.5, 0.6) is 0 Å². The van der Waals surface area contributed by atoms with Crippen LogP contribution in [0.2, 0.25) is 0 Å². The molecule has 0 aliphatic rings. The van der Waals surface area contributed by atoms with Gasteiger partial charge in [0.1, 0.15) is 0 Å². The highest BCUT2D eigenvalue weighted by Gasteiger charge is 2.09. The number of hydrogen-bond donors (Lipinski definition) is 1. The number of nitrogens with zero attached hydrogens (tertiary/aromatic N) is 1. The van der Waals surface area contributed by atoms with Gasteiger partial charge in [-0.25, -0.2) is 0 Å². The average Bonchev–Trinajstić information content (AvgIpc) is 2.44. The van der Waals surface area contributed by atoms with Gasteiger partial charge in [0.05, 0.1) is 16.6 Å². The normalized spacial score (nSPS) is 11.0. The topological polar surface area (TPSA) is 37.8 Å². The quantitative estimate of drug-likeness (QED) is 0.652. The van der Waals surface area contributed by atoms with Crippen molar-refractivity contribution >= 4 is 39.1 Å². The number of fused-ring (bicyclic) bond motifs is 1. The standard InChI is InChI=1S/C16H13BrN2OS/c1-9-7-11(8-10(2)14(9)17)19-15(20)12-5-3-4-6-13(12)18-16(19)21/h3-8H,1-2H3,(H,18,21). The molecule has 0 saturated heterocycles. The summed E-state index contributed by atoms with van der Waals surface area (Å²) in [6.07, 6.45) is 0. The molecular formula is C16H13BrN2OS. The predicted octanol–water partition coefficient (Wildman–Crippen LogP) is 4.43. The van der Waals surface area contributed by atoms with E-state index in [0.717, 1.165) is 26.8 Å². The zero-order chi connectivity index (χ0) is 15.1. The molecule has 21 heavy (non-hydrogen) atoms. The second-order valence-corrected chi connectivity index (χ2v) is 6.19. The molecule has 0 spiro atoms. The molecule has 3 aromatic rings.